The number of hydrogen-bond acceptors (Lipinski definition) is 6. The third-order valence-corrected chi connectivity index (χ3v) is 10.1. The van der Waals surface area contributed by atoms with E-state index >= 15 is 0 Å². The lowest BCUT2D eigenvalue weighted by atomic mass is 9.64. The van der Waals surface area contributed by atoms with Gasteiger partial charge in [0.25, 0.3) is 0 Å². The van der Waals surface area contributed by atoms with Crippen LogP contribution in [0.25, 0.3) is 0 Å². The number of para-hydroxylation sites is 1. The quantitative estimate of drug-likeness (QED) is 0.347. The number of amides is 2. The Hall–Kier alpha value is -3.48. The van der Waals surface area contributed by atoms with Crippen LogP contribution in [-0.4, -0.2) is 37.0 Å². The molecule has 0 N–H and O–H groups in total. The Morgan fingerprint density at radius 3 is 2.30 bits per heavy atom. The summed E-state index contributed by atoms with van der Waals surface area (Å²) in [6.07, 6.45) is 1.48. The summed E-state index contributed by atoms with van der Waals surface area (Å²) in [5.74, 6) is -2.19. The van der Waals surface area contributed by atoms with Crippen molar-refractivity contribution < 1.29 is 28.7 Å². The number of methoxy groups -OCH3 is 1. The van der Waals surface area contributed by atoms with Gasteiger partial charge in [0.05, 0.1) is 18.2 Å². The van der Waals surface area contributed by atoms with Gasteiger partial charge in [-0.15, -0.1) is 0 Å². The first-order chi connectivity index (χ1) is 18.9. The number of benzene rings is 2. The number of imide groups is 1. The van der Waals surface area contributed by atoms with E-state index in [1.165, 1.54) is 12.7 Å². The predicted molar refractivity (Wildman–Crippen MR) is 151 cm³/mol. The van der Waals surface area contributed by atoms with Crippen molar-refractivity contribution in [2.75, 3.05) is 12.0 Å². The van der Waals surface area contributed by atoms with Crippen LogP contribution in [0.2, 0.25) is 0 Å². The van der Waals surface area contributed by atoms with E-state index in [0.717, 1.165) is 17.7 Å². The highest BCUT2D eigenvalue weighted by Gasteiger charge is 2.70. The lowest BCUT2D eigenvalue weighted by molar-refractivity contribution is -0.149. The molecule has 5 rings (SSSR count). The van der Waals surface area contributed by atoms with Gasteiger partial charge in [-0.3, -0.25) is 14.4 Å². The van der Waals surface area contributed by atoms with Gasteiger partial charge in [0, 0.05) is 11.3 Å². The highest BCUT2D eigenvalue weighted by Crippen LogP contribution is 2.60. The summed E-state index contributed by atoms with van der Waals surface area (Å²) >= 11 is 0. The minimum Gasteiger partial charge on any atom is -0.468 e. The summed E-state index contributed by atoms with van der Waals surface area (Å²) in [4.78, 5) is 55.5. The van der Waals surface area contributed by atoms with Crippen LogP contribution in [0.4, 0.5) is 10.5 Å². The van der Waals surface area contributed by atoms with Gasteiger partial charge >= 0.3 is 12.1 Å². The van der Waals surface area contributed by atoms with Crippen LogP contribution in [0.1, 0.15) is 71.4 Å². The highest BCUT2D eigenvalue weighted by atomic mass is 16.6. The molecule has 2 fully saturated rings. The number of nitrogens with zero attached hydrogens (tertiary/aromatic N) is 1. The Balaban J connectivity index is 1.50. The van der Waals surface area contributed by atoms with Crippen molar-refractivity contribution in [3.63, 3.8) is 0 Å². The molecule has 1 aliphatic heterocycles. The molecule has 0 radical (unpaired) electrons. The number of hydrogen-bond donors (Lipinski definition) is 0. The summed E-state index contributed by atoms with van der Waals surface area (Å²) in [7, 11) is 1.24. The lowest BCUT2D eigenvalue weighted by Crippen LogP contribution is -2.51. The molecule has 7 nitrogen and oxygen atoms in total. The fourth-order valence-electron chi connectivity index (χ4n) is 7.61. The molecule has 3 aliphatic rings. The van der Waals surface area contributed by atoms with Crippen molar-refractivity contribution in [3.8, 4) is 0 Å². The average molecular weight is 546 g/mol. The van der Waals surface area contributed by atoms with Gasteiger partial charge in [0.2, 0.25) is 5.91 Å². The van der Waals surface area contributed by atoms with Gasteiger partial charge in [-0.25, -0.2) is 9.69 Å². The summed E-state index contributed by atoms with van der Waals surface area (Å²) in [5, 5.41) is 0. The Kier molecular flexibility index (Phi) is 6.92. The van der Waals surface area contributed by atoms with E-state index < -0.39 is 34.7 Å². The molecule has 2 amide bonds. The average Bonchev–Trinajstić information content (AvgIpc) is 3.31. The van der Waals surface area contributed by atoms with Crippen molar-refractivity contribution in [1.29, 1.82) is 0 Å². The largest absolute Gasteiger partial charge is 0.468 e. The molecule has 40 heavy (non-hydrogen) atoms. The molecule has 1 heterocycles. The van der Waals surface area contributed by atoms with E-state index in [0.29, 0.717) is 23.6 Å². The van der Waals surface area contributed by atoms with Gasteiger partial charge in [0.15, 0.2) is 5.78 Å². The third kappa shape index (κ3) is 4.00. The Labute approximate surface area is 236 Å². The van der Waals surface area contributed by atoms with Gasteiger partial charge < -0.3 is 9.47 Å². The Bertz CT molecular complexity index is 1350. The molecule has 0 saturated heterocycles. The highest BCUT2D eigenvalue weighted by molar-refractivity contribution is 6.25. The van der Waals surface area contributed by atoms with E-state index in [-0.39, 0.29) is 29.6 Å². The molecule has 0 bridgehead atoms. The molecular weight excluding hydrogens is 506 g/mol. The van der Waals surface area contributed by atoms with E-state index in [4.69, 9.17) is 9.47 Å². The minimum atomic E-state index is -1.37. The van der Waals surface area contributed by atoms with E-state index in [1.807, 2.05) is 18.2 Å². The first kappa shape index (κ1) is 28.1. The number of carbonyl (C=O) groups is 4. The first-order valence-electron chi connectivity index (χ1n) is 14.2. The summed E-state index contributed by atoms with van der Waals surface area (Å²) in [5.41, 5.74) is -0.704. The van der Waals surface area contributed by atoms with Gasteiger partial charge in [-0.2, -0.15) is 0 Å². The van der Waals surface area contributed by atoms with E-state index in [1.54, 1.807) is 38.1 Å². The molecule has 1 unspecified atom stereocenters. The summed E-state index contributed by atoms with van der Waals surface area (Å²) in [6.45, 7) is 9.91. The maximum absolute atomic E-state index is 14.4. The SMILES string of the molecule is COC(=O)C1C[C@@]2(C(=O)N(C(=O)O[C@@H]3C[C@H](C)CC[C@H]3C(C)(C)c3ccccc3)c3ccccc32)C(C)(C)C1=O. The third-order valence-electron chi connectivity index (χ3n) is 10.1. The number of ketones is 1. The van der Waals surface area contributed by atoms with E-state index in [2.05, 4.69) is 32.9 Å². The predicted octanol–water partition coefficient (Wildman–Crippen LogP) is 5.98. The maximum Gasteiger partial charge on any atom is 0.421 e. The van der Waals surface area contributed by atoms with Crippen LogP contribution in [0.5, 0.6) is 0 Å². The molecule has 212 valence electrons. The fraction of sp³-hybridized carbons (Fsp3) is 0.515. The van der Waals surface area contributed by atoms with E-state index in [9.17, 15) is 19.2 Å². The standard InChI is InChI=1S/C33H39NO6/c1-20-16-17-24(31(2,3)21-12-8-7-9-13-21)26(18-20)40-30(38)34-25-15-11-10-14-23(25)33(29(34)37)19-22(28(36)39-6)27(35)32(33,4)5/h7-15,20,22,24,26H,16-19H2,1-6H3/t20-,22?,24-,26-,33-/m1/s1. The van der Waals surface area contributed by atoms with Crippen molar-refractivity contribution in [2.24, 2.45) is 23.2 Å². The Morgan fingerprint density at radius 1 is 0.975 bits per heavy atom. The first-order valence-corrected chi connectivity index (χ1v) is 14.2. The van der Waals surface area contributed by atoms with Crippen LogP contribution >= 0.6 is 0 Å². The second-order valence-electron chi connectivity index (χ2n) is 12.9. The number of esters is 1. The second kappa shape index (κ2) is 9.86. The number of Topliss-reactive ketones (excluding diaryl/α,β-unsaturated/α-hetero) is 1. The number of anilines is 1. The zero-order valence-electron chi connectivity index (χ0n) is 24.2. The number of carbonyl (C=O) groups excluding carboxylic acids is 4. The Morgan fingerprint density at radius 2 is 1.62 bits per heavy atom. The monoisotopic (exact) mass is 545 g/mol. The minimum absolute atomic E-state index is 0.0464. The second-order valence-corrected chi connectivity index (χ2v) is 12.9. The van der Waals surface area contributed by atoms with Gasteiger partial charge in [-0.05, 0) is 47.8 Å². The molecule has 1 spiro atoms. The summed E-state index contributed by atoms with van der Waals surface area (Å²) in [6, 6.07) is 17.3. The number of rotatable bonds is 4. The van der Waals surface area contributed by atoms with Crippen LogP contribution in [-0.2, 0) is 34.7 Å². The molecule has 0 aromatic heterocycles. The molecule has 2 saturated carbocycles. The molecule has 5 atom stereocenters. The van der Waals surface area contributed by atoms with Crippen molar-refractivity contribution in [2.45, 2.75) is 77.2 Å². The zero-order valence-corrected chi connectivity index (χ0v) is 24.2. The normalized spacial score (nSPS) is 29.4. The van der Waals surface area contributed by atoms with Gasteiger partial charge in [-0.1, -0.05) is 89.6 Å². The molecule has 2 aliphatic carbocycles. The van der Waals surface area contributed by atoms with Gasteiger partial charge in [0.1, 0.15) is 12.0 Å². The van der Waals surface area contributed by atoms with Crippen LogP contribution < -0.4 is 4.90 Å². The van der Waals surface area contributed by atoms with Crippen LogP contribution in [0.3, 0.4) is 0 Å². The lowest BCUT2D eigenvalue weighted by Gasteiger charge is -2.44. The van der Waals surface area contributed by atoms with Crippen molar-refractivity contribution in [3.05, 3.63) is 65.7 Å². The maximum atomic E-state index is 14.4. The topological polar surface area (TPSA) is 90.0 Å². The molecule has 7 heteroatoms. The summed E-state index contributed by atoms with van der Waals surface area (Å²) < 4.78 is 11.2. The zero-order chi connectivity index (χ0) is 29.0. The number of fused-ring (bicyclic) bond motifs is 2. The van der Waals surface area contributed by atoms with Crippen LogP contribution in [0.15, 0.2) is 54.6 Å². The van der Waals surface area contributed by atoms with Crippen molar-refractivity contribution in [1.82, 2.24) is 0 Å². The van der Waals surface area contributed by atoms with Crippen molar-refractivity contribution >= 4 is 29.4 Å². The smallest absolute Gasteiger partial charge is 0.421 e. The molecule has 2 aromatic carbocycles. The molecular formula is C33H39NO6. The number of ether oxygens (including phenoxy) is 2. The van der Waals surface area contributed by atoms with Crippen LogP contribution in [0, 0.1) is 23.2 Å². The fourth-order valence-corrected chi connectivity index (χ4v) is 7.61. The molecule has 2 aromatic rings.